The third kappa shape index (κ3) is 4.29. The summed E-state index contributed by atoms with van der Waals surface area (Å²) in [5.41, 5.74) is 1.34. The van der Waals surface area contributed by atoms with Gasteiger partial charge in [-0.2, -0.15) is 5.26 Å². The van der Waals surface area contributed by atoms with Crippen LogP contribution in [-0.4, -0.2) is 13.1 Å². The molecular weight excluding hydrogens is 160 g/mol. The van der Waals surface area contributed by atoms with E-state index < -0.39 is 0 Å². The molecule has 0 bridgehead atoms. The van der Waals surface area contributed by atoms with Crippen molar-refractivity contribution in [2.24, 2.45) is 0 Å². The molecule has 1 aromatic carbocycles. The first-order chi connectivity index (χ1) is 6.43. The van der Waals surface area contributed by atoms with Crippen LogP contribution in [0.15, 0.2) is 30.3 Å². The summed E-state index contributed by atoms with van der Waals surface area (Å²) in [4.78, 5) is 0. The maximum atomic E-state index is 8.29. The number of benzene rings is 1. The maximum Gasteiger partial charge on any atom is 0.0635 e. The van der Waals surface area contributed by atoms with E-state index in [9.17, 15) is 0 Å². The smallest absolute Gasteiger partial charge is 0.0635 e. The Morgan fingerprint density at radius 2 is 1.92 bits per heavy atom. The second-order valence-corrected chi connectivity index (χ2v) is 2.89. The summed E-state index contributed by atoms with van der Waals surface area (Å²) in [5.74, 6) is 0. The largest absolute Gasteiger partial charge is 0.315 e. The average Bonchev–Trinajstić information content (AvgIpc) is 2.19. The highest BCUT2D eigenvalue weighted by atomic mass is 14.8. The van der Waals surface area contributed by atoms with Crippen molar-refractivity contribution >= 4 is 0 Å². The first-order valence-electron chi connectivity index (χ1n) is 4.55. The third-order valence-electron chi connectivity index (χ3n) is 1.85. The lowest BCUT2D eigenvalue weighted by Crippen LogP contribution is -2.17. The number of hydrogen-bond donors (Lipinski definition) is 1. The first-order valence-corrected chi connectivity index (χ1v) is 4.55. The fraction of sp³-hybridized carbons (Fsp3) is 0.364. The summed E-state index contributed by atoms with van der Waals surface area (Å²) in [7, 11) is 0. The second kappa shape index (κ2) is 6.22. The molecular formula is C11H14N2. The number of nitriles is 1. The Kier molecular flexibility index (Phi) is 4.66. The van der Waals surface area contributed by atoms with E-state index in [1.54, 1.807) is 0 Å². The predicted octanol–water partition coefficient (Wildman–Crippen LogP) is 1.73. The van der Waals surface area contributed by atoms with Gasteiger partial charge in [-0.15, -0.1) is 0 Å². The number of rotatable bonds is 5. The highest BCUT2D eigenvalue weighted by molar-refractivity contribution is 5.14. The van der Waals surface area contributed by atoms with Gasteiger partial charge < -0.3 is 5.32 Å². The standard InChI is InChI=1S/C11H14N2/c12-8-4-9-13-10-7-11-5-2-1-3-6-11/h1-3,5-6,13H,4,7,9-10H2. The maximum absolute atomic E-state index is 8.29. The van der Waals surface area contributed by atoms with Crippen LogP contribution in [-0.2, 0) is 6.42 Å². The molecule has 0 amide bonds. The van der Waals surface area contributed by atoms with E-state index in [1.165, 1.54) is 5.56 Å². The van der Waals surface area contributed by atoms with Crippen LogP contribution in [0.3, 0.4) is 0 Å². The van der Waals surface area contributed by atoms with Crippen molar-refractivity contribution in [3.8, 4) is 6.07 Å². The molecule has 13 heavy (non-hydrogen) atoms. The van der Waals surface area contributed by atoms with E-state index in [1.807, 2.05) is 18.2 Å². The highest BCUT2D eigenvalue weighted by Gasteiger charge is 1.90. The van der Waals surface area contributed by atoms with Gasteiger partial charge >= 0.3 is 0 Å². The zero-order valence-electron chi connectivity index (χ0n) is 7.66. The van der Waals surface area contributed by atoms with Crippen LogP contribution in [0, 0.1) is 11.3 Å². The van der Waals surface area contributed by atoms with Crippen LogP contribution >= 0.6 is 0 Å². The van der Waals surface area contributed by atoms with Crippen LogP contribution in [0.4, 0.5) is 0 Å². The molecule has 0 fully saturated rings. The van der Waals surface area contributed by atoms with Crippen LogP contribution in [0.1, 0.15) is 12.0 Å². The molecule has 68 valence electrons. The third-order valence-corrected chi connectivity index (χ3v) is 1.85. The molecule has 2 heteroatoms. The van der Waals surface area contributed by atoms with E-state index in [2.05, 4.69) is 23.5 Å². The lowest BCUT2D eigenvalue weighted by Gasteiger charge is -2.01. The zero-order chi connectivity index (χ0) is 9.36. The van der Waals surface area contributed by atoms with Gasteiger partial charge in [0.15, 0.2) is 0 Å². The van der Waals surface area contributed by atoms with E-state index in [-0.39, 0.29) is 0 Å². The summed E-state index contributed by atoms with van der Waals surface area (Å²) in [6, 6.07) is 12.5. The Morgan fingerprint density at radius 3 is 2.62 bits per heavy atom. The SMILES string of the molecule is N#CCCNCCc1ccccc1. The van der Waals surface area contributed by atoms with Crippen LogP contribution in [0.25, 0.3) is 0 Å². The predicted molar refractivity (Wildman–Crippen MR) is 53.2 cm³/mol. The molecule has 2 nitrogen and oxygen atoms in total. The highest BCUT2D eigenvalue weighted by Crippen LogP contribution is 1.97. The van der Waals surface area contributed by atoms with E-state index in [0.717, 1.165) is 19.5 Å². The number of nitrogens with zero attached hydrogens (tertiary/aromatic N) is 1. The lowest BCUT2D eigenvalue weighted by molar-refractivity contribution is 0.692. The van der Waals surface area contributed by atoms with Gasteiger partial charge in [-0.3, -0.25) is 0 Å². The van der Waals surface area contributed by atoms with Crippen LogP contribution < -0.4 is 5.32 Å². The summed E-state index contributed by atoms with van der Waals surface area (Å²) in [6.07, 6.45) is 1.63. The van der Waals surface area contributed by atoms with Gasteiger partial charge in [-0.1, -0.05) is 30.3 Å². The van der Waals surface area contributed by atoms with Crippen LogP contribution in [0.5, 0.6) is 0 Å². The Hall–Kier alpha value is -1.33. The monoisotopic (exact) mass is 174 g/mol. The van der Waals surface area contributed by atoms with Crippen molar-refractivity contribution in [1.29, 1.82) is 5.26 Å². The Balaban J connectivity index is 2.11. The van der Waals surface area contributed by atoms with E-state index in [4.69, 9.17) is 5.26 Å². The van der Waals surface area contributed by atoms with Crippen LogP contribution in [0.2, 0.25) is 0 Å². The van der Waals surface area contributed by atoms with Crippen molar-refractivity contribution < 1.29 is 0 Å². The van der Waals surface area contributed by atoms with Gasteiger partial charge in [0.2, 0.25) is 0 Å². The zero-order valence-corrected chi connectivity index (χ0v) is 7.66. The summed E-state index contributed by atoms with van der Waals surface area (Å²) >= 11 is 0. The summed E-state index contributed by atoms with van der Waals surface area (Å²) in [6.45, 7) is 1.75. The van der Waals surface area contributed by atoms with Crippen molar-refractivity contribution in [3.05, 3.63) is 35.9 Å². The quantitative estimate of drug-likeness (QED) is 0.690. The minimum atomic E-state index is 0.592. The summed E-state index contributed by atoms with van der Waals surface area (Å²) in [5, 5.41) is 11.5. The molecule has 0 heterocycles. The van der Waals surface area contributed by atoms with E-state index >= 15 is 0 Å². The molecule has 0 aliphatic rings. The molecule has 0 spiro atoms. The van der Waals surface area contributed by atoms with Gasteiger partial charge in [-0.25, -0.2) is 0 Å². The van der Waals surface area contributed by atoms with Gasteiger partial charge in [0.05, 0.1) is 6.07 Å². The average molecular weight is 174 g/mol. The molecule has 0 atom stereocenters. The topological polar surface area (TPSA) is 35.8 Å². The minimum absolute atomic E-state index is 0.592. The summed E-state index contributed by atoms with van der Waals surface area (Å²) < 4.78 is 0. The first kappa shape index (κ1) is 9.76. The van der Waals surface area contributed by atoms with Crippen molar-refractivity contribution in [2.45, 2.75) is 12.8 Å². The number of nitrogens with one attached hydrogen (secondary N) is 1. The molecule has 0 unspecified atom stereocenters. The van der Waals surface area contributed by atoms with Gasteiger partial charge in [-0.05, 0) is 18.5 Å². The second-order valence-electron chi connectivity index (χ2n) is 2.89. The van der Waals surface area contributed by atoms with Crippen molar-refractivity contribution in [1.82, 2.24) is 5.32 Å². The van der Waals surface area contributed by atoms with Crippen molar-refractivity contribution in [2.75, 3.05) is 13.1 Å². The van der Waals surface area contributed by atoms with Crippen molar-refractivity contribution in [3.63, 3.8) is 0 Å². The molecule has 1 N–H and O–H groups in total. The lowest BCUT2D eigenvalue weighted by atomic mass is 10.1. The van der Waals surface area contributed by atoms with E-state index in [0.29, 0.717) is 6.42 Å². The molecule has 0 radical (unpaired) electrons. The molecule has 0 saturated carbocycles. The Morgan fingerprint density at radius 1 is 1.15 bits per heavy atom. The Bertz CT molecular complexity index is 261. The number of hydrogen-bond acceptors (Lipinski definition) is 2. The molecule has 0 aliphatic heterocycles. The molecule has 1 aromatic rings. The van der Waals surface area contributed by atoms with Gasteiger partial charge in [0, 0.05) is 13.0 Å². The van der Waals surface area contributed by atoms with Gasteiger partial charge in [0.1, 0.15) is 0 Å². The fourth-order valence-electron chi connectivity index (χ4n) is 1.15. The molecule has 0 aromatic heterocycles. The molecule has 0 aliphatic carbocycles. The molecule has 1 rings (SSSR count). The minimum Gasteiger partial charge on any atom is -0.315 e. The Labute approximate surface area is 79.2 Å². The fourth-order valence-corrected chi connectivity index (χ4v) is 1.15. The molecule has 0 saturated heterocycles. The normalized spacial score (nSPS) is 9.46. The van der Waals surface area contributed by atoms with Gasteiger partial charge in [0.25, 0.3) is 0 Å².